The molecule has 2 aliphatic heterocycles. The molecule has 1 N–H and O–H groups in total. The predicted octanol–water partition coefficient (Wildman–Crippen LogP) is 5.13. The summed E-state index contributed by atoms with van der Waals surface area (Å²) in [5.41, 5.74) is 2.58. The summed E-state index contributed by atoms with van der Waals surface area (Å²) in [6, 6.07) is 22.0. The van der Waals surface area contributed by atoms with Crippen LogP contribution in [0.3, 0.4) is 0 Å². The molecule has 3 amide bonds. The highest BCUT2D eigenvalue weighted by atomic mass is 32.2. The molecule has 0 radical (unpaired) electrons. The Morgan fingerprint density at radius 1 is 0.972 bits per heavy atom. The van der Waals surface area contributed by atoms with Gasteiger partial charge >= 0.3 is 0 Å². The second-order valence-electron chi connectivity index (χ2n) is 8.72. The van der Waals surface area contributed by atoms with E-state index >= 15 is 0 Å². The van der Waals surface area contributed by atoms with Crippen molar-refractivity contribution in [3.05, 3.63) is 89.5 Å². The predicted molar refractivity (Wildman–Crippen MR) is 139 cm³/mol. The van der Waals surface area contributed by atoms with Crippen LogP contribution in [-0.2, 0) is 15.3 Å². The molecule has 1 fully saturated rings. The van der Waals surface area contributed by atoms with Crippen LogP contribution in [0.1, 0.15) is 39.1 Å². The summed E-state index contributed by atoms with van der Waals surface area (Å²) in [7, 11) is 0. The molecule has 3 aromatic carbocycles. The van der Waals surface area contributed by atoms with Gasteiger partial charge in [-0.3, -0.25) is 19.3 Å². The van der Waals surface area contributed by atoms with Gasteiger partial charge in [-0.15, -0.1) is 11.8 Å². The maximum atomic E-state index is 12.9. The zero-order valence-corrected chi connectivity index (χ0v) is 20.5. The third-order valence-electron chi connectivity index (χ3n) is 6.07. The first-order valence-electron chi connectivity index (χ1n) is 11.9. The number of ether oxygens (including phenoxy) is 2. The van der Waals surface area contributed by atoms with E-state index in [4.69, 9.17) is 9.47 Å². The van der Waals surface area contributed by atoms with Crippen molar-refractivity contribution in [2.75, 3.05) is 24.2 Å². The number of benzene rings is 3. The van der Waals surface area contributed by atoms with Crippen LogP contribution in [0.25, 0.3) is 0 Å². The second-order valence-corrected chi connectivity index (χ2v) is 9.70. The first kappa shape index (κ1) is 24.1. The Kier molecular flexibility index (Phi) is 7.34. The molecule has 2 heterocycles. The van der Waals surface area contributed by atoms with Gasteiger partial charge in [-0.05, 0) is 60.9 Å². The number of amides is 3. The minimum Gasteiger partial charge on any atom is -0.457 e. The number of imide groups is 1. The molecule has 7 nitrogen and oxygen atoms in total. The van der Waals surface area contributed by atoms with Gasteiger partial charge in [-0.2, -0.15) is 0 Å². The lowest BCUT2D eigenvalue weighted by atomic mass is 10.1. The van der Waals surface area contributed by atoms with Gasteiger partial charge in [0.2, 0.25) is 5.91 Å². The fourth-order valence-electron chi connectivity index (χ4n) is 4.27. The number of rotatable bonds is 9. The average molecular weight is 503 g/mol. The Hall–Kier alpha value is -3.62. The number of fused-ring (bicyclic) bond motifs is 1. The van der Waals surface area contributed by atoms with Crippen LogP contribution in [0, 0.1) is 0 Å². The standard InChI is InChI=1S/C28H26N2O5S/c31-26(18-36-17-19-5-2-1-3-6-19)29-20-8-10-21(11-9-20)35-22-12-13-24-25(15-22)28(33)30(27(24)32)16-23-7-4-14-34-23/h1-3,5-6,8-13,15,23H,4,7,14,16-18H2,(H,29,31). The van der Waals surface area contributed by atoms with E-state index in [0.29, 0.717) is 40.7 Å². The Balaban J connectivity index is 1.15. The van der Waals surface area contributed by atoms with E-state index in [-0.39, 0.29) is 30.4 Å². The molecule has 184 valence electrons. The minimum absolute atomic E-state index is 0.0704. The highest BCUT2D eigenvalue weighted by Crippen LogP contribution is 2.31. The van der Waals surface area contributed by atoms with Crippen molar-refractivity contribution in [2.24, 2.45) is 0 Å². The highest BCUT2D eigenvalue weighted by Gasteiger charge is 2.37. The third-order valence-corrected chi connectivity index (χ3v) is 7.07. The van der Waals surface area contributed by atoms with Crippen LogP contribution in [0.2, 0.25) is 0 Å². The van der Waals surface area contributed by atoms with Gasteiger partial charge in [0.25, 0.3) is 11.8 Å². The molecule has 1 atom stereocenters. The molecule has 0 aliphatic carbocycles. The van der Waals surface area contributed by atoms with Crippen molar-refractivity contribution in [3.63, 3.8) is 0 Å². The number of hydrogen-bond acceptors (Lipinski definition) is 6. The van der Waals surface area contributed by atoms with Crippen LogP contribution in [0.5, 0.6) is 11.5 Å². The summed E-state index contributed by atoms with van der Waals surface area (Å²) in [6.07, 6.45) is 1.70. The van der Waals surface area contributed by atoms with Crippen molar-refractivity contribution in [3.8, 4) is 11.5 Å². The normalized spacial score (nSPS) is 16.8. The summed E-state index contributed by atoms with van der Waals surface area (Å²) in [5, 5.41) is 2.89. The summed E-state index contributed by atoms with van der Waals surface area (Å²) >= 11 is 1.56. The maximum absolute atomic E-state index is 12.9. The summed E-state index contributed by atoms with van der Waals surface area (Å²) in [6.45, 7) is 0.946. The molecule has 8 heteroatoms. The Morgan fingerprint density at radius 2 is 1.72 bits per heavy atom. The number of carbonyl (C=O) groups excluding carboxylic acids is 3. The van der Waals surface area contributed by atoms with E-state index in [2.05, 4.69) is 5.32 Å². The monoisotopic (exact) mass is 502 g/mol. The van der Waals surface area contributed by atoms with Gasteiger partial charge in [0, 0.05) is 18.0 Å². The quantitative estimate of drug-likeness (QED) is 0.409. The first-order chi connectivity index (χ1) is 17.6. The second kappa shape index (κ2) is 11.0. The van der Waals surface area contributed by atoms with Crippen molar-refractivity contribution < 1.29 is 23.9 Å². The molecular weight excluding hydrogens is 476 g/mol. The van der Waals surface area contributed by atoms with Crippen LogP contribution in [0.15, 0.2) is 72.8 Å². The molecular formula is C28H26N2O5S. The molecule has 0 bridgehead atoms. The fourth-order valence-corrected chi connectivity index (χ4v) is 5.05. The van der Waals surface area contributed by atoms with Crippen LogP contribution < -0.4 is 10.1 Å². The number of anilines is 1. The average Bonchev–Trinajstić information content (AvgIpc) is 3.49. The Labute approximate surface area is 213 Å². The molecule has 1 saturated heterocycles. The number of nitrogens with one attached hydrogen (secondary N) is 1. The van der Waals surface area contributed by atoms with Gasteiger partial charge in [-0.1, -0.05) is 30.3 Å². The fraction of sp³-hybridized carbons (Fsp3) is 0.250. The van der Waals surface area contributed by atoms with E-state index < -0.39 is 0 Å². The largest absolute Gasteiger partial charge is 0.457 e. The molecule has 5 rings (SSSR count). The lowest BCUT2D eigenvalue weighted by Crippen LogP contribution is -2.36. The molecule has 0 saturated carbocycles. The SMILES string of the molecule is O=C(CSCc1ccccc1)Nc1ccc(Oc2ccc3c(c2)C(=O)N(CC2CCCO2)C3=O)cc1. The zero-order valence-electron chi connectivity index (χ0n) is 19.6. The van der Waals surface area contributed by atoms with Crippen molar-refractivity contribution >= 4 is 35.2 Å². The maximum Gasteiger partial charge on any atom is 0.261 e. The first-order valence-corrected chi connectivity index (χ1v) is 13.0. The summed E-state index contributed by atoms with van der Waals surface area (Å²) in [5.74, 6) is 1.47. The number of hydrogen-bond donors (Lipinski definition) is 1. The number of thioether (sulfide) groups is 1. The van der Waals surface area contributed by atoms with Gasteiger partial charge < -0.3 is 14.8 Å². The minimum atomic E-state index is -0.320. The molecule has 2 aliphatic rings. The highest BCUT2D eigenvalue weighted by molar-refractivity contribution is 7.99. The molecule has 1 unspecified atom stereocenters. The van der Waals surface area contributed by atoms with E-state index in [1.165, 1.54) is 10.5 Å². The third kappa shape index (κ3) is 5.61. The van der Waals surface area contributed by atoms with Gasteiger partial charge in [0.1, 0.15) is 11.5 Å². The van der Waals surface area contributed by atoms with E-state index in [1.54, 1.807) is 54.2 Å². The van der Waals surface area contributed by atoms with Crippen molar-refractivity contribution in [1.29, 1.82) is 0 Å². The van der Waals surface area contributed by atoms with Crippen LogP contribution in [-0.4, -0.2) is 47.6 Å². The number of carbonyl (C=O) groups is 3. The Morgan fingerprint density at radius 3 is 2.47 bits per heavy atom. The lowest BCUT2D eigenvalue weighted by molar-refractivity contribution is -0.113. The number of nitrogens with zero attached hydrogens (tertiary/aromatic N) is 1. The molecule has 0 spiro atoms. The van der Waals surface area contributed by atoms with Gasteiger partial charge in [0.15, 0.2) is 0 Å². The Bertz CT molecular complexity index is 1260. The topological polar surface area (TPSA) is 84.9 Å². The van der Waals surface area contributed by atoms with E-state index in [9.17, 15) is 14.4 Å². The molecule has 36 heavy (non-hydrogen) atoms. The lowest BCUT2D eigenvalue weighted by Gasteiger charge is -2.17. The van der Waals surface area contributed by atoms with Gasteiger partial charge in [0.05, 0.1) is 29.5 Å². The zero-order chi connectivity index (χ0) is 24.9. The van der Waals surface area contributed by atoms with Crippen molar-refractivity contribution in [2.45, 2.75) is 24.7 Å². The van der Waals surface area contributed by atoms with E-state index in [1.807, 2.05) is 30.3 Å². The molecule has 3 aromatic rings. The molecule has 0 aromatic heterocycles. The van der Waals surface area contributed by atoms with Crippen LogP contribution in [0.4, 0.5) is 5.69 Å². The van der Waals surface area contributed by atoms with E-state index in [0.717, 1.165) is 18.6 Å². The summed E-state index contributed by atoms with van der Waals surface area (Å²) in [4.78, 5) is 39.1. The van der Waals surface area contributed by atoms with Crippen LogP contribution >= 0.6 is 11.8 Å². The van der Waals surface area contributed by atoms with Crippen molar-refractivity contribution in [1.82, 2.24) is 4.90 Å². The smallest absolute Gasteiger partial charge is 0.261 e. The van der Waals surface area contributed by atoms with Gasteiger partial charge in [-0.25, -0.2) is 0 Å². The summed E-state index contributed by atoms with van der Waals surface area (Å²) < 4.78 is 11.5.